The summed E-state index contributed by atoms with van der Waals surface area (Å²) in [5.74, 6) is 1.26. The first-order chi connectivity index (χ1) is 7.69. The smallest absolute Gasteiger partial charge is 0.159 e. The summed E-state index contributed by atoms with van der Waals surface area (Å²) < 4.78 is 12.3. The zero-order chi connectivity index (χ0) is 12.0. The molecule has 0 atom stereocenters. The monoisotopic (exact) mass is 229 g/mol. The molecule has 0 aromatic carbocycles. The summed E-state index contributed by atoms with van der Waals surface area (Å²) in [4.78, 5) is 0. The minimum absolute atomic E-state index is 0.127. The fourth-order valence-electron chi connectivity index (χ4n) is 1.28. The van der Waals surface area contributed by atoms with Gasteiger partial charge in [-0.3, -0.25) is 0 Å². The standard InChI is InChI=1S/C10H19N3O3/c1-8(2)16-7-10-12-11-9(6-14)13(10)4-5-15-3/h8,14H,4-7H2,1-3H3. The zero-order valence-corrected chi connectivity index (χ0v) is 10.0. The molecule has 1 N–H and O–H groups in total. The van der Waals surface area contributed by atoms with Crippen LogP contribution in [0.3, 0.4) is 0 Å². The first-order valence-electron chi connectivity index (χ1n) is 5.31. The molecule has 0 aliphatic carbocycles. The first-order valence-corrected chi connectivity index (χ1v) is 5.31. The lowest BCUT2D eigenvalue weighted by atomic mass is 10.4. The Balaban J connectivity index is 2.70. The number of hydrogen-bond donors (Lipinski definition) is 1. The van der Waals surface area contributed by atoms with Gasteiger partial charge >= 0.3 is 0 Å². The second-order valence-corrected chi connectivity index (χ2v) is 3.69. The number of aliphatic hydroxyl groups excluding tert-OH is 1. The lowest BCUT2D eigenvalue weighted by Gasteiger charge is -2.10. The van der Waals surface area contributed by atoms with Crippen LogP contribution in [0.15, 0.2) is 0 Å². The van der Waals surface area contributed by atoms with Crippen LogP contribution in [0.2, 0.25) is 0 Å². The van der Waals surface area contributed by atoms with Crippen LogP contribution >= 0.6 is 0 Å². The van der Waals surface area contributed by atoms with Crippen molar-refractivity contribution in [3.8, 4) is 0 Å². The van der Waals surface area contributed by atoms with Crippen LogP contribution in [0.5, 0.6) is 0 Å². The maximum atomic E-state index is 9.10. The lowest BCUT2D eigenvalue weighted by Crippen LogP contribution is -2.14. The maximum absolute atomic E-state index is 9.10. The highest BCUT2D eigenvalue weighted by Crippen LogP contribution is 2.05. The molecule has 92 valence electrons. The maximum Gasteiger partial charge on any atom is 0.159 e. The van der Waals surface area contributed by atoms with E-state index in [2.05, 4.69) is 10.2 Å². The van der Waals surface area contributed by atoms with Gasteiger partial charge in [0.25, 0.3) is 0 Å². The van der Waals surface area contributed by atoms with E-state index in [4.69, 9.17) is 14.6 Å². The summed E-state index contributed by atoms with van der Waals surface area (Å²) in [5, 5.41) is 17.0. The molecule has 1 aromatic heterocycles. The molecular weight excluding hydrogens is 210 g/mol. The molecule has 1 rings (SSSR count). The number of aromatic nitrogens is 3. The van der Waals surface area contributed by atoms with Crippen LogP contribution in [0, 0.1) is 0 Å². The molecule has 0 saturated carbocycles. The molecular formula is C10H19N3O3. The van der Waals surface area contributed by atoms with Gasteiger partial charge in [0.2, 0.25) is 0 Å². The van der Waals surface area contributed by atoms with E-state index in [1.54, 1.807) is 7.11 Å². The first kappa shape index (κ1) is 13.1. The summed E-state index contributed by atoms with van der Waals surface area (Å²) in [6.45, 7) is 5.37. The largest absolute Gasteiger partial charge is 0.388 e. The molecule has 16 heavy (non-hydrogen) atoms. The fourth-order valence-corrected chi connectivity index (χ4v) is 1.28. The van der Waals surface area contributed by atoms with Gasteiger partial charge < -0.3 is 19.1 Å². The Morgan fingerprint density at radius 2 is 2.00 bits per heavy atom. The van der Waals surface area contributed by atoms with Crippen LogP contribution in [0.1, 0.15) is 25.5 Å². The van der Waals surface area contributed by atoms with Crippen LogP contribution in [0.25, 0.3) is 0 Å². The number of methoxy groups -OCH3 is 1. The van der Waals surface area contributed by atoms with Crippen molar-refractivity contribution in [1.29, 1.82) is 0 Å². The van der Waals surface area contributed by atoms with E-state index in [1.807, 2.05) is 18.4 Å². The quantitative estimate of drug-likeness (QED) is 0.730. The summed E-state index contributed by atoms with van der Waals surface area (Å²) in [7, 11) is 1.63. The van der Waals surface area contributed by atoms with Crippen molar-refractivity contribution >= 4 is 0 Å². The van der Waals surface area contributed by atoms with E-state index in [9.17, 15) is 0 Å². The van der Waals surface area contributed by atoms with Gasteiger partial charge in [0, 0.05) is 13.7 Å². The van der Waals surface area contributed by atoms with Crippen molar-refractivity contribution in [2.75, 3.05) is 13.7 Å². The van der Waals surface area contributed by atoms with Crippen LogP contribution in [-0.4, -0.2) is 39.7 Å². The predicted molar refractivity (Wildman–Crippen MR) is 57.7 cm³/mol. The second kappa shape index (κ2) is 6.57. The Labute approximate surface area is 95.2 Å². The van der Waals surface area contributed by atoms with Gasteiger partial charge in [-0.1, -0.05) is 0 Å². The molecule has 0 aliphatic heterocycles. The zero-order valence-electron chi connectivity index (χ0n) is 10.0. The highest BCUT2D eigenvalue weighted by atomic mass is 16.5. The van der Waals surface area contributed by atoms with Crippen molar-refractivity contribution in [1.82, 2.24) is 14.8 Å². The van der Waals surface area contributed by atoms with E-state index in [1.165, 1.54) is 0 Å². The molecule has 6 nitrogen and oxygen atoms in total. The van der Waals surface area contributed by atoms with E-state index < -0.39 is 0 Å². The molecule has 0 radical (unpaired) electrons. The van der Waals surface area contributed by atoms with E-state index in [0.717, 1.165) is 5.82 Å². The number of hydrogen-bond acceptors (Lipinski definition) is 5. The summed E-state index contributed by atoms with van der Waals surface area (Å²) >= 11 is 0. The number of aliphatic hydroxyl groups is 1. The average Bonchev–Trinajstić information content (AvgIpc) is 2.65. The minimum Gasteiger partial charge on any atom is -0.388 e. The van der Waals surface area contributed by atoms with Crippen LogP contribution in [0.4, 0.5) is 0 Å². The van der Waals surface area contributed by atoms with Crippen molar-refractivity contribution in [2.24, 2.45) is 0 Å². The van der Waals surface area contributed by atoms with Crippen molar-refractivity contribution < 1.29 is 14.6 Å². The van der Waals surface area contributed by atoms with E-state index in [-0.39, 0.29) is 12.7 Å². The number of ether oxygens (including phenoxy) is 2. The Morgan fingerprint density at radius 3 is 2.56 bits per heavy atom. The fraction of sp³-hybridized carbons (Fsp3) is 0.800. The Bertz CT molecular complexity index is 312. The molecule has 0 bridgehead atoms. The SMILES string of the molecule is COCCn1c(CO)nnc1COC(C)C. The average molecular weight is 229 g/mol. The molecule has 0 fully saturated rings. The van der Waals surface area contributed by atoms with Crippen molar-refractivity contribution in [3.05, 3.63) is 11.6 Å². The molecule has 1 heterocycles. The lowest BCUT2D eigenvalue weighted by molar-refractivity contribution is 0.0581. The van der Waals surface area contributed by atoms with Gasteiger partial charge in [-0.05, 0) is 13.8 Å². The van der Waals surface area contributed by atoms with Crippen molar-refractivity contribution in [2.45, 2.75) is 39.7 Å². The minimum atomic E-state index is -0.127. The summed E-state index contributed by atoms with van der Waals surface area (Å²) in [5.41, 5.74) is 0. The molecule has 0 spiro atoms. The summed E-state index contributed by atoms with van der Waals surface area (Å²) in [6, 6.07) is 0. The van der Waals surface area contributed by atoms with Gasteiger partial charge in [0.05, 0.1) is 12.7 Å². The molecule has 0 amide bonds. The Hall–Kier alpha value is -0.980. The van der Waals surface area contributed by atoms with Crippen molar-refractivity contribution in [3.63, 3.8) is 0 Å². The number of rotatable bonds is 7. The topological polar surface area (TPSA) is 69.4 Å². The third-order valence-corrected chi connectivity index (χ3v) is 2.11. The van der Waals surface area contributed by atoms with Gasteiger partial charge in [-0.15, -0.1) is 10.2 Å². The molecule has 6 heteroatoms. The molecule has 0 aliphatic rings. The molecule has 1 aromatic rings. The van der Waals surface area contributed by atoms with Crippen LogP contribution < -0.4 is 0 Å². The highest BCUT2D eigenvalue weighted by Gasteiger charge is 2.11. The van der Waals surface area contributed by atoms with Gasteiger partial charge in [-0.25, -0.2) is 0 Å². The van der Waals surface area contributed by atoms with Gasteiger partial charge in [-0.2, -0.15) is 0 Å². The predicted octanol–water partition coefficient (Wildman–Crippen LogP) is 0.342. The second-order valence-electron chi connectivity index (χ2n) is 3.69. The number of nitrogens with zero attached hydrogens (tertiary/aromatic N) is 3. The molecule has 0 unspecified atom stereocenters. The van der Waals surface area contributed by atoms with Crippen LogP contribution in [-0.2, 0) is 29.2 Å². The summed E-state index contributed by atoms with van der Waals surface area (Å²) in [6.07, 6.45) is 0.144. The van der Waals surface area contributed by atoms with E-state index in [0.29, 0.717) is 25.6 Å². The third kappa shape index (κ3) is 3.55. The van der Waals surface area contributed by atoms with Gasteiger partial charge in [0.1, 0.15) is 13.2 Å². The third-order valence-electron chi connectivity index (χ3n) is 2.11. The Kier molecular flexibility index (Phi) is 5.37. The Morgan fingerprint density at radius 1 is 1.31 bits per heavy atom. The normalized spacial score (nSPS) is 11.3. The molecule has 0 saturated heterocycles. The van der Waals surface area contributed by atoms with Gasteiger partial charge in [0.15, 0.2) is 11.6 Å². The highest BCUT2D eigenvalue weighted by molar-refractivity contribution is 4.93. The van der Waals surface area contributed by atoms with E-state index >= 15 is 0 Å².